The summed E-state index contributed by atoms with van der Waals surface area (Å²) in [5.74, 6) is 0. The van der Waals surface area contributed by atoms with Gasteiger partial charge in [0.2, 0.25) is 10.0 Å². The number of hydrogen-bond donors (Lipinski definition) is 2. The molecule has 0 aliphatic heterocycles. The number of pyridine rings is 1. The van der Waals surface area contributed by atoms with Gasteiger partial charge in [0.05, 0.1) is 11.4 Å². The van der Waals surface area contributed by atoms with Crippen molar-refractivity contribution in [3.8, 4) is 0 Å². The Kier molecular flexibility index (Phi) is 7.04. The Bertz CT molecular complexity index is 933. The second kappa shape index (κ2) is 9.04. The van der Waals surface area contributed by atoms with Crippen molar-refractivity contribution in [2.75, 3.05) is 13.1 Å². The number of halogens is 1. The summed E-state index contributed by atoms with van der Waals surface area (Å²) in [4.78, 5) is 8.15. The highest BCUT2D eigenvalue weighted by Crippen LogP contribution is 2.18. The van der Waals surface area contributed by atoms with Crippen LogP contribution in [0.25, 0.3) is 10.8 Å². The van der Waals surface area contributed by atoms with E-state index in [0.29, 0.717) is 19.6 Å². The molecule has 0 aliphatic carbocycles. The molecule has 0 aliphatic rings. The number of aromatic nitrogens is 4. The number of fused-ring (bicyclic) bond motifs is 1. The monoisotopic (exact) mass is 396 g/mol. The summed E-state index contributed by atoms with van der Waals surface area (Å²) in [6.07, 6.45) is 6.48. The Morgan fingerprint density at radius 3 is 2.81 bits per heavy atom. The minimum absolute atomic E-state index is 0. The topological polar surface area (TPSA) is 102 Å². The first-order chi connectivity index (χ1) is 12.0. The number of sulfonamides is 1. The maximum Gasteiger partial charge on any atom is 0.240 e. The van der Waals surface area contributed by atoms with Gasteiger partial charge in [-0.1, -0.05) is 6.07 Å². The first-order valence-electron chi connectivity index (χ1n) is 7.94. The van der Waals surface area contributed by atoms with Crippen molar-refractivity contribution < 1.29 is 8.42 Å². The molecule has 2 N–H and O–H groups in total. The van der Waals surface area contributed by atoms with E-state index in [-0.39, 0.29) is 23.3 Å². The Balaban J connectivity index is 0.00000243. The molecule has 140 valence electrons. The van der Waals surface area contributed by atoms with Crippen LogP contribution >= 0.6 is 12.4 Å². The van der Waals surface area contributed by atoms with Crippen LogP contribution in [0.1, 0.15) is 6.92 Å². The van der Waals surface area contributed by atoms with E-state index in [1.165, 1.54) is 6.33 Å². The summed E-state index contributed by atoms with van der Waals surface area (Å²) in [6.45, 7) is 3.70. The normalized spacial score (nSPS) is 12.7. The fourth-order valence-corrected chi connectivity index (χ4v) is 3.74. The summed E-state index contributed by atoms with van der Waals surface area (Å²) in [5.41, 5.74) is 0. The standard InChI is InChI=1S/C16H20N6O2S.ClH/c1-13(9-18-6-7-22-12-19-11-20-22)21-25(23,24)16-3-2-15-10-17-5-4-14(15)8-16;/h2-5,8,10-13,18,21H,6-7,9H2,1H3;1H. The van der Waals surface area contributed by atoms with E-state index in [0.717, 1.165) is 10.8 Å². The van der Waals surface area contributed by atoms with Gasteiger partial charge in [0.1, 0.15) is 12.7 Å². The molecule has 3 rings (SSSR count). The Labute approximate surface area is 158 Å². The van der Waals surface area contributed by atoms with E-state index < -0.39 is 10.0 Å². The van der Waals surface area contributed by atoms with E-state index in [1.54, 1.807) is 47.7 Å². The van der Waals surface area contributed by atoms with Gasteiger partial charge in [0, 0.05) is 36.9 Å². The summed E-state index contributed by atoms with van der Waals surface area (Å²) >= 11 is 0. The average Bonchev–Trinajstić information content (AvgIpc) is 3.11. The number of benzene rings is 1. The highest BCUT2D eigenvalue weighted by Gasteiger charge is 2.17. The molecule has 3 aromatic rings. The minimum atomic E-state index is -3.57. The highest BCUT2D eigenvalue weighted by molar-refractivity contribution is 7.89. The van der Waals surface area contributed by atoms with Crippen LogP contribution < -0.4 is 10.0 Å². The van der Waals surface area contributed by atoms with E-state index in [9.17, 15) is 8.42 Å². The van der Waals surface area contributed by atoms with Crippen molar-refractivity contribution in [2.24, 2.45) is 0 Å². The van der Waals surface area contributed by atoms with Crippen LogP contribution in [0, 0.1) is 0 Å². The molecule has 0 saturated carbocycles. The van der Waals surface area contributed by atoms with E-state index >= 15 is 0 Å². The lowest BCUT2D eigenvalue weighted by Crippen LogP contribution is -2.40. The zero-order valence-corrected chi connectivity index (χ0v) is 15.9. The lowest BCUT2D eigenvalue weighted by Gasteiger charge is -2.15. The van der Waals surface area contributed by atoms with E-state index in [1.807, 2.05) is 6.92 Å². The first-order valence-corrected chi connectivity index (χ1v) is 9.42. The molecule has 1 atom stereocenters. The predicted molar refractivity (Wildman–Crippen MR) is 102 cm³/mol. The summed E-state index contributed by atoms with van der Waals surface area (Å²) < 4.78 is 29.5. The van der Waals surface area contributed by atoms with Crippen molar-refractivity contribution in [3.05, 3.63) is 49.3 Å². The highest BCUT2D eigenvalue weighted by atomic mass is 35.5. The first kappa shape index (κ1) is 20.2. The second-order valence-electron chi connectivity index (χ2n) is 5.77. The van der Waals surface area contributed by atoms with Crippen LogP contribution in [0.15, 0.2) is 54.2 Å². The third kappa shape index (κ3) is 5.21. The number of nitrogens with zero attached hydrogens (tertiary/aromatic N) is 4. The third-order valence-electron chi connectivity index (χ3n) is 3.71. The quantitative estimate of drug-likeness (QED) is 0.555. The molecular weight excluding hydrogens is 376 g/mol. The smallest absolute Gasteiger partial charge is 0.240 e. The average molecular weight is 397 g/mol. The lowest BCUT2D eigenvalue weighted by molar-refractivity contribution is 0.508. The largest absolute Gasteiger partial charge is 0.313 e. The Hall–Kier alpha value is -2.07. The SMILES string of the molecule is CC(CNCCn1cncn1)NS(=O)(=O)c1ccc2cnccc2c1.Cl. The summed E-state index contributed by atoms with van der Waals surface area (Å²) in [7, 11) is -3.57. The molecule has 2 aromatic heterocycles. The van der Waals surface area contributed by atoms with Crippen molar-refractivity contribution in [1.82, 2.24) is 29.8 Å². The molecule has 0 amide bonds. The second-order valence-corrected chi connectivity index (χ2v) is 7.48. The van der Waals surface area contributed by atoms with Crippen molar-refractivity contribution in [1.29, 1.82) is 0 Å². The molecule has 8 nitrogen and oxygen atoms in total. The molecular formula is C16H21ClN6O2S. The van der Waals surface area contributed by atoms with Crippen LogP contribution in [-0.2, 0) is 16.6 Å². The van der Waals surface area contributed by atoms with Crippen LogP contribution in [0.2, 0.25) is 0 Å². The van der Waals surface area contributed by atoms with Crippen LogP contribution in [0.5, 0.6) is 0 Å². The molecule has 0 bridgehead atoms. The molecule has 10 heteroatoms. The van der Waals surface area contributed by atoms with Gasteiger partial charge in [-0.3, -0.25) is 9.67 Å². The van der Waals surface area contributed by atoms with Crippen molar-refractivity contribution >= 4 is 33.2 Å². The fourth-order valence-electron chi connectivity index (χ4n) is 2.46. The predicted octanol–water partition coefficient (Wildman–Crippen LogP) is 1.20. The molecule has 1 unspecified atom stereocenters. The van der Waals surface area contributed by atoms with Gasteiger partial charge in [-0.15, -0.1) is 12.4 Å². The van der Waals surface area contributed by atoms with Crippen LogP contribution in [0.3, 0.4) is 0 Å². The van der Waals surface area contributed by atoms with Gasteiger partial charge >= 0.3 is 0 Å². The van der Waals surface area contributed by atoms with E-state index in [2.05, 4.69) is 25.1 Å². The maximum atomic E-state index is 12.5. The minimum Gasteiger partial charge on any atom is -0.313 e. The summed E-state index contributed by atoms with van der Waals surface area (Å²) in [6, 6.07) is 6.57. The fraction of sp³-hybridized carbons (Fsp3) is 0.312. The number of nitrogens with one attached hydrogen (secondary N) is 2. The van der Waals surface area contributed by atoms with Crippen molar-refractivity contribution in [2.45, 2.75) is 24.4 Å². The van der Waals surface area contributed by atoms with E-state index in [4.69, 9.17) is 0 Å². The number of rotatable bonds is 8. The zero-order chi connectivity index (χ0) is 17.7. The van der Waals surface area contributed by atoms with Gasteiger partial charge in [-0.2, -0.15) is 5.10 Å². The van der Waals surface area contributed by atoms with Gasteiger partial charge in [-0.25, -0.2) is 18.1 Å². The molecule has 2 heterocycles. The molecule has 0 spiro atoms. The zero-order valence-electron chi connectivity index (χ0n) is 14.2. The maximum absolute atomic E-state index is 12.5. The number of hydrogen-bond acceptors (Lipinski definition) is 6. The van der Waals surface area contributed by atoms with Crippen LogP contribution in [0.4, 0.5) is 0 Å². The van der Waals surface area contributed by atoms with Gasteiger partial charge in [-0.05, 0) is 30.5 Å². The molecule has 0 saturated heterocycles. The lowest BCUT2D eigenvalue weighted by atomic mass is 10.2. The molecule has 0 radical (unpaired) electrons. The van der Waals surface area contributed by atoms with Gasteiger partial charge in [0.15, 0.2) is 0 Å². The van der Waals surface area contributed by atoms with Crippen molar-refractivity contribution in [3.63, 3.8) is 0 Å². The molecule has 0 fully saturated rings. The Morgan fingerprint density at radius 1 is 1.19 bits per heavy atom. The third-order valence-corrected chi connectivity index (χ3v) is 5.30. The Morgan fingerprint density at radius 2 is 2.04 bits per heavy atom. The van der Waals surface area contributed by atoms with Gasteiger partial charge in [0.25, 0.3) is 0 Å². The molecule has 1 aromatic carbocycles. The van der Waals surface area contributed by atoms with Gasteiger partial charge < -0.3 is 5.32 Å². The van der Waals surface area contributed by atoms with Crippen LogP contribution in [-0.4, -0.2) is 47.3 Å². The molecule has 26 heavy (non-hydrogen) atoms. The summed E-state index contributed by atoms with van der Waals surface area (Å²) in [5, 5.41) is 8.96.